The number of rotatable bonds is 2. The minimum atomic E-state index is -0.0252. The molecule has 0 atom stereocenters. The first-order valence-corrected chi connectivity index (χ1v) is 9.01. The lowest BCUT2D eigenvalue weighted by Crippen LogP contribution is -2.18. The average Bonchev–Trinajstić information content (AvgIpc) is 2.73. The number of hydrogen-bond donors (Lipinski definition) is 0. The summed E-state index contributed by atoms with van der Waals surface area (Å²) in [6.07, 6.45) is 0. The molecule has 0 bridgehead atoms. The van der Waals surface area contributed by atoms with E-state index in [1.54, 1.807) is 10.6 Å². The molecule has 0 aliphatic rings. The van der Waals surface area contributed by atoms with Gasteiger partial charge in [-0.3, -0.25) is 9.36 Å². The number of para-hydroxylation sites is 2. The van der Waals surface area contributed by atoms with E-state index in [2.05, 4.69) is 36.4 Å². The Morgan fingerprint density at radius 1 is 0.556 bits per heavy atom. The number of pyridine rings is 1. The highest BCUT2D eigenvalue weighted by Gasteiger charge is 2.13. The van der Waals surface area contributed by atoms with Gasteiger partial charge in [-0.2, -0.15) is 0 Å². The predicted molar refractivity (Wildman–Crippen MR) is 112 cm³/mol. The summed E-state index contributed by atoms with van der Waals surface area (Å²) < 4.78 is 1.78. The van der Waals surface area contributed by atoms with Crippen molar-refractivity contribution < 1.29 is 0 Å². The van der Waals surface area contributed by atoms with E-state index >= 15 is 0 Å². The number of fused-ring (bicyclic) bond motifs is 2. The molecule has 0 N–H and O–H groups in total. The van der Waals surface area contributed by atoms with Crippen LogP contribution in [-0.4, -0.2) is 4.57 Å². The Labute approximate surface area is 157 Å². The smallest absolute Gasteiger partial charge is 0.256 e. The van der Waals surface area contributed by atoms with Crippen molar-refractivity contribution in [3.63, 3.8) is 0 Å². The van der Waals surface area contributed by atoms with Crippen LogP contribution in [0.25, 0.3) is 38.5 Å². The van der Waals surface area contributed by atoms with Crippen LogP contribution in [-0.2, 0) is 0 Å². The van der Waals surface area contributed by atoms with Crippen LogP contribution in [0.15, 0.2) is 108 Å². The second kappa shape index (κ2) is 6.26. The summed E-state index contributed by atoms with van der Waals surface area (Å²) in [4.78, 5) is 13.1. The Balaban J connectivity index is 1.90. The summed E-state index contributed by atoms with van der Waals surface area (Å²) in [5.41, 5.74) is 3.83. The number of hydrogen-bond acceptors (Lipinski definition) is 1. The van der Waals surface area contributed by atoms with Crippen molar-refractivity contribution in [2.24, 2.45) is 0 Å². The normalized spacial score (nSPS) is 11.1. The molecule has 2 heteroatoms. The zero-order valence-electron chi connectivity index (χ0n) is 14.7. The van der Waals surface area contributed by atoms with Crippen molar-refractivity contribution in [1.29, 1.82) is 0 Å². The Kier molecular flexibility index (Phi) is 3.61. The minimum Gasteiger partial charge on any atom is -0.277 e. The van der Waals surface area contributed by atoms with Gasteiger partial charge in [0.15, 0.2) is 0 Å². The van der Waals surface area contributed by atoms with Gasteiger partial charge in [0.1, 0.15) is 0 Å². The van der Waals surface area contributed by atoms with Gasteiger partial charge < -0.3 is 0 Å². The topological polar surface area (TPSA) is 22.0 Å². The van der Waals surface area contributed by atoms with Crippen LogP contribution in [0, 0.1) is 0 Å². The quantitative estimate of drug-likeness (QED) is 0.395. The van der Waals surface area contributed by atoms with Gasteiger partial charge in [0, 0.05) is 17.1 Å². The molecule has 0 aliphatic carbocycles. The predicted octanol–water partition coefficient (Wildman–Crippen LogP) is 5.81. The van der Waals surface area contributed by atoms with Crippen molar-refractivity contribution in [1.82, 2.24) is 4.57 Å². The maximum atomic E-state index is 13.1. The van der Waals surface area contributed by atoms with Crippen LogP contribution < -0.4 is 5.56 Å². The molecule has 5 aromatic rings. The highest BCUT2D eigenvalue weighted by atomic mass is 16.1. The fourth-order valence-corrected chi connectivity index (χ4v) is 3.81. The number of benzene rings is 4. The highest BCUT2D eigenvalue weighted by Crippen LogP contribution is 2.33. The van der Waals surface area contributed by atoms with Crippen molar-refractivity contribution in [2.75, 3.05) is 0 Å². The van der Waals surface area contributed by atoms with E-state index in [-0.39, 0.29) is 5.56 Å². The molecular formula is C25H17NO. The Bertz CT molecular complexity index is 1330. The third-order valence-electron chi connectivity index (χ3n) is 5.02. The summed E-state index contributed by atoms with van der Waals surface area (Å²) in [5.74, 6) is 0. The molecule has 0 spiro atoms. The van der Waals surface area contributed by atoms with Crippen molar-refractivity contribution in [2.45, 2.75) is 0 Å². The van der Waals surface area contributed by atoms with Crippen molar-refractivity contribution in [3.8, 4) is 16.8 Å². The van der Waals surface area contributed by atoms with E-state index in [0.29, 0.717) is 0 Å². The van der Waals surface area contributed by atoms with E-state index < -0.39 is 0 Å². The maximum absolute atomic E-state index is 13.1. The monoisotopic (exact) mass is 347 g/mol. The van der Waals surface area contributed by atoms with Crippen LogP contribution >= 0.6 is 0 Å². The minimum absolute atomic E-state index is 0.0252. The maximum Gasteiger partial charge on any atom is 0.256 e. The highest BCUT2D eigenvalue weighted by molar-refractivity contribution is 6.04. The molecule has 0 radical (unpaired) electrons. The summed E-state index contributed by atoms with van der Waals surface area (Å²) in [7, 11) is 0. The van der Waals surface area contributed by atoms with Gasteiger partial charge >= 0.3 is 0 Å². The molecule has 0 fully saturated rings. The zero-order chi connectivity index (χ0) is 18.2. The molecule has 128 valence electrons. The van der Waals surface area contributed by atoms with Crippen LogP contribution in [0.2, 0.25) is 0 Å². The fraction of sp³-hybridized carbons (Fsp3) is 0. The summed E-state index contributed by atoms with van der Waals surface area (Å²) >= 11 is 0. The van der Waals surface area contributed by atoms with Crippen molar-refractivity contribution in [3.05, 3.63) is 113 Å². The average molecular weight is 347 g/mol. The lowest BCUT2D eigenvalue weighted by Gasteiger charge is -2.15. The molecule has 0 amide bonds. The van der Waals surface area contributed by atoms with E-state index in [9.17, 15) is 4.79 Å². The third kappa shape index (κ3) is 2.54. The SMILES string of the molecule is O=c1cc(-c2cccc3ccccc23)c2ccccc2n1-c1ccccc1. The Morgan fingerprint density at radius 2 is 1.22 bits per heavy atom. The number of nitrogens with zero attached hydrogens (tertiary/aromatic N) is 1. The number of aromatic nitrogens is 1. The molecule has 2 nitrogen and oxygen atoms in total. The van der Waals surface area contributed by atoms with E-state index in [0.717, 1.165) is 33.1 Å². The Hall–Kier alpha value is -3.65. The second-order valence-electron chi connectivity index (χ2n) is 6.61. The zero-order valence-corrected chi connectivity index (χ0v) is 14.7. The second-order valence-corrected chi connectivity index (χ2v) is 6.61. The summed E-state index contributed by atoms with van der Waals surface area (Å²) in [5, 5.41) is 3.39. The Morgan fingerprint density at radius 3 is 2.07 bits per heavy atom. The van der Waals surface area contributed by atoms with Gasteiger partial charge in [0.2, 0.25) is 0 Å². The molecular weight excluding hydrogens is 330 g/mol. The molecule has 0 unspecified atom stereocenters. The van der Waals surface area contributed by atoms with E-state index in [1.807, 2.05) is 60.7 Å². The molecule has 27 heavy (non-hydrogen) atoms. The molecule has 0 aliphatic heterocycles. The van der Waals surface area contributed by atoms with Gasteiger partial charge in [-0.25, -0.2) is 0 Å². The van der Waals surface area contributed by atoms with Crippen molar-refractivity contribution >= 4 is 21.7 Å². The molecule has 1 heterocycles. The lowest BCUT2D eigenvalue weighted by molar-refractivity contribution is 1.04. The summed E-state index contributed by atoms with van der Waals surface area (Å²) in [6.45, 7) is 0. The summed E-state index contributed by atoms with van der Waals surface area (Å²) in [6, 6.07) is 34.2. The molecule has 4 aromatic carbocycles. The standard InChI is InChI=1S/C25H17NO/c27-25-17-23(21-15-8-10-18-9-4-5-13-20(18)21)22-14-6-7-16-24(22)26(25)19-11-2-1-3-12-19/h1-17H. The molecule has 0 saturated heterocycles. The fourth-order valence-electron chi connectivity index (χ4n) is 3.81. The van der Waals surface area contributed by atoms with Gasteiger partial charge in [-0.05, 0) is 40.1 Å². The first-order chi connectivity index (χ1) is 13.3. The first kappa shape index (κ1) is 15.6. The molecule has 0 saturated carbocycles. The van der Waals surface area contributed by atoms with Crippen LogP contribution in [0.3, 0.4) is 0 Å². The van der Waals surface area contributed by atoms with Gasteiger partial charge in [0.25, 0.3) is 5.56 Å². The van der Waals surface area contributed by atoms with Gasteiger partial charge in [0.05, 0.1) is 5.52 Å². The van der Waals surface area contributed by atoms with Crippen LogP contribution in [0.1, 0.15) is 0 Å². The largest absolute Gasteiger partial charge is 0.277 e. The van der Waals surface area contributed by atoms with Crippen LogP contribution in [0.4, 0.5) is 0 Å². The van der Waals surface area contributed by atoms with Crippen LogP contribution in [0.5, 0.6) is 0 Å². The van der Waals surface area contributed by atoms with Gasteiger partial charge in [-0.15, -0.1) is 0 Å². The van der Waals surface area contributed by atoms with E-state index in [4.69, 9.17) is 0 Å². The van der Waals surface area contributed by atoms with Gasteiger partial charge in [-0.1, -0.05) is 78.9 Å². The molecule has 1 aromatic heterocycles. The lowest BCUT2D eigenvalue weighted by atomic mass is 9.95. The third-order valence-corrected chi connectivity index (χ3v) is 5.02. The van der Waals surface area contributed by atoms with E-state index in [1.165, 1.54) is 5.39 Å². The first-order valence-electron chi connectivity index (χ1n) is 9.01. The molecule has 5 rings (SSSR count).